The van der Waals surface area contributed by atoms with Crippen LogP contribution in [0.5, 0.6) is 0 Å². The topological polar surface area (TPSA) is 132 Å². The molecular weight excluding hydrogens is 504 g/mol. The zero-order chi connectivity index (χ0) is 29.9. The number of carbonyl (C=O) groups excluding carboxylic acids is 3. The molecule has 2 rings (SSSR count). The summed E-state index contributed by atoms with van der Waals surface area (Å²) in [6.07, 6.45) is -0.141. The first-order valence-electron chi connectivity index (χ1n) is 13.3. The van der Waals surface area contributed by atoms with Gasteiger partial charge in [-0.05, 0) is 74.3 Å². The molecule has 2 fully saturated rings. The van der Waals surface area contributed by atoms with Crippen LogP contribution in [0.15, 0.2) is 47.1 Å². The lowest BCUT2D eigenvalue weighted by atomic mass is 9.69. The first kappa shape index (κ1) is 32.5. The average molecular weight is 549 g/mol. The predicted molar refractivity (Wildman–Crippen MR) is 145 cm³/mol. The Kier molecular flexibility index (Phi) is 10.5. The molecule has 0 amide bonds. The highest BCUT2D eigenvalue weighted by Crippen LogP contribution is 2.44. The van der Waals surface area contributed by atoms with E-state index < -0.39 is 59.4 Å². The van der Waals surface area contributed by atoms with E-state index in [0.717, 1.165) is 0 Å². The van der Waals surface area contributed by atoms with Gasteiger partial charge in [-0.25, -0.2) is 14.4 Å². The summed E-state index contributed by atoms with van der Waals surface area (Å²) in [7, 11) is 0. The van der Waals surface area contributed by atoms with Crippen LogP contribution < -0.4 is 0 Å². The normalized spacial score (nSPS) is 31.7. The van der Waals surface area contributed by atoms with Crippen LogP contribution in [-0.2, 0) is 33.3 Å². The number of epoxide rings is 1. The van der Waals surface area contributed by atoms with Gasteiger partial charge in [0.25, 0.3) is 0 Å². The average Bonchev–Trinajstić information content (AvgIpc) is 3.50. The van der Waals surface area contributed by atoms with Gasteiger partial charge in [0.1, 0.15) is 23.9 Å². The van der Waals surface area contributed by atoms with E-state index in [0.29, 0.717) is 23.1 Å². The molecule has 0 aromatic rings. The Hall–Kier alpha value is -2.75. The summed E-state index contributed by atoms with van der Waals surface area (Å²) in [6.45, 7) is 19.2. The third kappa shape index (κ3) is 7.47. The molecule has 9 nitrogen and oxygen atoms in total. The van der Waals surface area contributed by atoms with Gasteiger partial charge in [-0.15, -0.1) is 0 Å². The van der Waals surface area contributed by atoms with Gasteiger partial charge in [0.15, 0.2) is 6.10 Å². The Labute approximate surface area is 231 Å². The van der Waals surface area contributed by atoms with Gasteiger partial charge in [0.2, 0.25) is 0 Å². The summed E-state index contributed by atoms with van der Waals surface area (Å²) in [4.78, 5) is 38.1. The number of hydrogen-bond acceptors (Lipinski definition) is 9. The van der Waals surface area contributed by atoms with E-state index >= 15 is 0 Å². The molecule has 1 aliphatic carbocycles. The maximum atomic E-state index is 12.7. The highest BCUT2D eigenvalue weighted by Gasteiger charge is 2.57. The van der Waals surface area contributed by atoms with Crippen molar-refractivity contribution in [3.63, 3.8) is 0 Å². The summed E-state index contributed by atoms with van der Waals surface area (Å²) in [5.41, 5.74) is -0.989. The van der Waals surface area contributed by atoms with Crippen LogP contribution in [0, 0.1) is 5.92 Å². The molecule has 0 bridgehead atoms. The molecule has 7 atom stereocenters. The van der Waals surface area contributed by atoms with Crippen molar-refractivity contribution in [3.8, 4) is 0 Å². The number of rotatable bonds is 10. The summed E-state index contributed by atoms with van der Waals surface area (Å²) < 4.78 is 22.8. The first-order valence-corrected chi connectivity index (χ1v) is 13.3. The second-order valence-electron chi connectivity index (χ2n) is 11.1. The predicted octanol–water partition coefficient (Wildman–Crippen LogP) is 3.88. The van der Waals surface area contributed by atoms with Crippen LogP contribution in [0.2, 0.25) is 0 Å². The zero-order valence-electron chi connectivity index (χ0n) is 24.6. The standard InChI is InChI=1S/C30H44O9/c1-11-16(4)26(32)36-21(15-22-29(8,9)39-22)19(7)20-14-23(37-27(33)17(5)12-2)30(10,35)25(24(20)31)38-28(34)18(6)13-3/h11-13,20-25,31,35H,7,14-15H2,1-6,8-10H3/b16-11-,17-12-,18-13-/t20-,21+,22+,23+,24+,25+,30-/m1/s1. The van der Waals surface area contributed by atoms with Crippen molar-refractivity contribution in [2.45, 2.75) is 117 Å². The highest BCUT2D eigenvalue weighted by atomic mass is 16.6. The molecule has 1 aliphatic heterocycles. The van der Waals surface area contributed by atoms with Gasteiger partial charge in [0, 0.05) is 29.1 Å². The summed E-state index contributed by atoms with van der Waals surface area (Å²) in [5.74, 6) is -2.79. The quantitative estimate of drug-likeness (QED) is 0.137. The minimum Gasteiger partial charge on any atom is -0.456 e. The number of carbonyl (C=O) groups is 3. The molecule has 0 unspecified atom stereocenters. The Morgan fingerprint density at radius 1 is 0.949 bits per heavy atom. The van der Waals surface area contributed by atoms with Gasteiger partial charge in [-0.3, -0.25) is 0 Å². The Morgan fingerprint density at radius 2 is 1.41 bits per heavy atom. The molecule has 1 saturated heterocycles. The SMILES string of the molecule is C=C([C@H](C[C@@H]1OC1(C)C)OC(=O)/C(C)=C\C)[C@H]1C[C@H](OC(=O)/C(C)=C\C)[C@@](C)(O)[C@@H](OC(=O)/C(C)=C\C)[C@H]1O. The van der Waals surface area contributed by atoms with Crippen LogP contribution in [0.4, 0.5) is 0 Å². The third-order valence-corrected chi connectivity index (χ3v) is 7.90. The summed E-state index contributed by atoms with van der Waals surface area (Å²) in [5, 5.41) is 23.0. The number of ether oxygens (including phenoxy) is 4. The number of hydrogen-bond donors (Lipinski definition) is 2. The Balaban J connectivity index is 2.48. The second kappa shape index (κ2) is 12.6. The molecule has 1 saturated carbocycles. The van der Waals surface area contributed by atoms with Gasteiger partial charge < -0.3 is 29.2 Å². The van der Waals surface area contributed by atoms with E-state index in [1.807, 2.05) is 13.8 Å². The second-order valence-corrected chi connectivity index (χ2v) is 11.1. The zero-order valence-corrected chi connectivity index (χ0v) is 24.6. The first-order chi connectivity index (χ1) is 18.0. The van der Waals surface area contributed by atoms with E-state index in [9.17, 15) is 24.6 Å². The van der Waals surface area contributed by atoms with Crippen molar-refractivity contribution < 1.29 is 43.5 Å². The van der Waals surface area contributed by atoms with Crippen LogP contribution >= 0.6 is 0 Å². The molecule has 0 aromatic carbocycles. The third-order valence-electron chi connectivity index (χ3n) is 7.90. The number of allylic oxidation sites excluding steroid dienone is 3. The molecular formula is C30H44O9. The van der Waals surface area contributed by atoms with Crippen molar-refractivity contribution in [1.82, 2.24) is 0 Å². The number of esters is 3. The summed E-state index contributed by atoms with van der Waals surface area (Å²) in [6, 6.07) is 0. The molecule has 1 heterocycles. The minimum atomic E-state index is -1.93. The lowest BCUT2D eigenvalue weighted by Gasteiger charge is -2.48. The van der Waals surface area contributed by atoms with Crippen LogP contribution in [-0.4, -0.2) is 69.8 Å². The molecule has 0 spiro atoms. The van der Waals surface area contributed by atoms with Gasteiger partial charge in [0.05, 0.1) is 11.7 Å². The number of aliphatic hydroxyl groups is 2. The lowest BCUT2D eigenvalue weighted by Crippen LogP contribution is -2.64. The lowest BCUT2D eigenvalue weighted by molar-refractivity contribution is -0.229. The molecule has 9 heteroatoms. The van der Waals surface area contributed by atoms with E-state index in [1.54, 1.807) is 59.8 Å². The fourth-order valence-electron chi connectivity index (χ4n) is 4.45. The Bertz CT molecular complexity index is 1060. The molecule has 0 radical (unpaired) electrons. The minimum absolute atomic E-state index is 0.0437. The van der Waals surface area contributed by atoms with Crippen LogP contribution in [0.25, 0.3) is 0 Å². The fourth-order valence-corrected chi connectivity index (χ4v) is 4.45. The van der Waals surface area contributed by atoms with E-state index in [1.165, 1.54) is 6.92 Å². The van der Waals surface area contributed by atoms with Crippen molar-refractivity contribution in [2.24, 2.45) is 5.92 Å². The monoisotopic (exact) mass is 548 g/mol. The largest absolute Gasteiger partial charge is 0.456 e. The maximum Gasteiger partial charge on any atom is 0.333 e. The van der Waals surface area contributed by atoms with E-state index in [-0.39, 0.29) is 18.1 Å². The molecule has 0 aromatic heterocycles. The Morgan fingerprint density at radius 3 is 1.87 bits per heavy atom. The van der Waals surface area contributed by atoms with Crippen molar-refractivity contribution in [2.75, 3.05) is 0 Å². The summed E-state index contributed by atoms with van der Waals surface area (Å²) >= 11 is 0. The van der Waals surface area contributed by atoms with Gasteiger partial charge >= 0.3 is 17.9 Å². The molecule has 218 valence electrons. The highest BCUT2D eigenvalue weighted by molar-refractivity contribution is 5.89. The van der Waals surface area contributed by atoms with Crippen molar-refractivity contribution in [3.05, 3.63) is 47.1 Å². The molecule has 2 N–H and O–H groups in total. The molecule has 2 aliphatic rings. The fraction of sp³-hybridized carbons (Fsp3) is 0.633. The smallest absolute Gasteiger partial charge is 0.333 e. The maximum absolute atomic E-state index is 12.7. The van der Waals surface area contributed by atoms with Crippen molar-refractivity contribution >= 4 is 17.9 Å². The number of aliphatic hydroxyl groups excluding tert-OH is 1. The van der Waals surface area contributed by atoms with Gasteiger partial charge in [-0.1, -0.05) is 24.8 Å². The van der Waals surface area contributed by atoms with Crippen LogP contribution in [0.3, 0.4) is 0 Å². The van der Waals surface area contributed by atoms with Crippen molar-refractivity contribution in [1.29, 1.82) is 0 Å². The van der Waals surface area contributed by atoms with E-state index in [2.05, 4.69) is 6.58 Å². The van der Waals surface area contributed by atoms with Crippen LogP contribution in [0.1, 0.15) is 75.2 Å². The van der Waals surface area contributed by atoms with E-state index in [4.69, 9.17) is 18.9 Å². The van der Waals surface area contributed by atoms with Gasteiger partial charge in [-0.2, -0.15) is 0 Å². The molecule has 39 heavy (non-hydrogen) atoms.